The number of hydrogen-bond acceptors (Lipinski definition) is 4. The van der Waals surface area contributed by atoms with Gasteiger partial charge in [-0.1, -0.05) is 90.4 Å². The summed E-state index contributed by atoms with van der Waals surface area (Å²) in [4.78, 5) is 16.1. The maximum absolute atomic E-state index is 11.9. The van der Waals surface area contributed by atoms with Gasteiger partial charge in [0, 0.05) is 6.54 Å². The molecule has 1 aromatic heterocycles. The first kappa shape index (κ1) is 23.7. The average Bonchev–Trinajstić information content (AvgIpc) is 3.14. The summed E-state index contributed by atoms with van der Waals surface area (Å²) in [5.74, 6) is 0.398. The van der Waals surface area contributed by atoms with Crippen molar-refractivity contribution in [3.8, 4) is 0 Å². The molecule has 0 saturated carbocycles. The predicted octanol–water partition coefficient (Wildman–Crippen LogP) is 5.61. The molecule has 0 fully saturated rings. The molecule has 2 N–H and O–H groups in total. The van der Waals surface area contributed by atoms with Crippen molar-refractivity contribution >= 4 is 5.91 Å². The van der Waals surface area contributed by atoms with Crippen LogP contribution in [0.2, 0.25) is 0 Å². The van der Waals surface area contributed by atoms with Gasteiger partial charge in [0.25, 0.3) is 5.91 Å². The molecule has 0 saturated heterocycles. The molecule has 27 heavy (non-hydrogen) atoms. The highest BCUT2D eigenvalue weighted by atomic mass is 16.3. The molecule has 0 aliphatic rings. The van der Waals surface area contributed by atoms with E-state index in [1.54, 1.807) is 0 Å². The average molecular weight is 380 g/mol. The van der Waals surface area contributed by atoms with Gasteiger partial charge in [0.15, 0.2) is 5.69 Å². The number of hydrogen-bond donors (Lipinski definition) is 2. The third-order valence-corrected chi connectivity index (χ3v) is 4.93. The molecule has 5 nitrogen and oxygen atoms in total. The van der Waals surface area contributed by atoms with Gasteiger partial charge in [0.1, 0.15) is 6.26 Å². The topological polar surface area (TPSA) is 67.2 Å². The van der Waals surface area contributed by atoms with E-state index in [1.165, 1.54) is 89.7 Å². The SMILES string of the molecule is CCCCCCCCCCCCCCCCNC(=O)c1coc(CNC)n1. The minimum Gasteiger partial charge on any atom is -0.447 e. The van der Waals surface area contributed by atoms with E-state index in [-0.39, 0.29) is 5.91 Å². The van der Waals surface area contributed by atoms with Crippen molar-refractivity contribution in [2.75, 3.05) is 13.6 Å². The lowest BCUT2D eigenvalue weighted by Crippen LogP contribution is -2.24. The molecule has 0 bridgehead atoms. The van der Waals surface area contributed by atoms with E-state index < -0.39 is 0 Å². The second kappa shape index (κ2) is 16.8. The summed E-state index contributed by atoms with van der Waals surface area (Å²) in [6.07, 6.45) is 20.2. The second-order valence-electron chi connectivity index (χ2n) is 7.51. The van der Waals surface area contributed by atoms with E-state index >= 15 is 0 Å². The summed E-state index contributed by atoms with van der Waals surface area (Å²) < 4.78 is 5.22. The van der Waals surface area contributed by atoms with Crippen molar-refractivity contribution in [2.24, 2.45) is 0 Å². The van der Waals surface area contributed by atoms with Crippen LogP contribution in [0.25, 0.3) is 0 Å². The molecule has 0 atom stereocenters. The summed E-state index contributed by atoms with van der Waals surface area (Å²) in [6, 6.07) is 0. The number of carbonyl (C=O) groups excluding carboxylic acids is 1. The first-order valence-electron chi connectivity index (χ1n) is 11.1. The fourth-order valence-corrected chi connectivity index (χ4v) is 3.26. The van der Waals surface area contributed by atoms with Crippen LogP contribution in [0.15, 0.2) is 10.7 Å². The molecule has 1 heterocycles. The van der Waals surface area contributed by atoms with Crippen LogP contribution in [0, 0.1) is 0 Å². The standard InChI is InChI=1S/C22H41N3O2/c1-3-4-5-6-7-8-9-10-11-12-13-14-15-16-17-24-22(26)20-19-27-21(25-20)18-23-2/h19,23H,3-18H2,1-2H3,(H,24,26). The van der Waals surface area contributed by atoms with Crippen molar-refractivity contribution in [1.82, 2.24) is 15.6 Å². The van der Waals surface area contributed by atoms with Crippen LogP contribution in [-0.2, 0) is 6.54 Å². The molecule has 0 aliphatic heterocycles. The Hall–Kier alpha value is -1.36. The van der Waals surface area contributed by atoms with Gasteiger partial charge < -0.3 is 15.1 Å². The number of rotatable bonds is 18. The normalized spacial score (nSPS) is 11.0. The minimum atomic E-state index is -0.143. The van der Waals surface area contributed by atoms with Gasteiger partial charge >= 0.3 is 0 Å². The quantitative estimate of drug-likeness (QED) is 0.326. The van der Waals surface area contributed by atoms with Crippen molar-refractivity contribution < 1.29 is 9.21 Å². The Kier molecular flexibility index (Phi) is 14.7. The third kappa shape index (κ3) is 12.6. The molecule has 156 valence electrons. The molecule has 1 aromatic rings. The largest absolute Gasteiger partial charge is 0.447 e. The highest BCUT2D eigenvalue weighted by molar-refractivity contribution is 5.91. The fourth-order valence-electron chi connectivity index (χ4n) is 3.26. The molecular formula is C22H41N3O2. The first-order valence-corrected chi connectivity index (χ1v) is 11.1. The van der Waals surface area contributed by atoms with Gasteiger partial charge in [0.2, 0.25) is 5.89 Å². The van der Waals surface area contributed by atoms with E-state index in [2.05, 4.69) is 22.5 Å². The van der Waals surface area contributed by atoms with Crippen LogP contribution in [-0.4, -0.2) is 24.5 Å². The van der Waals surface area contributed by atoms with E-state index in [1.807, 2.05) is 7.05 Å². The van der Waals surface area contributed by atoms with Gasteiger partial charge in [0.05, 0.1) is 6.54 Å². The molecule has 0 aliphatic carbocycles. The third-order valence-electron chi connectivity index (χ3n) is 4.93. The monoisotopic (exact) mass is 379 g/mol. The zero-order valence-electron chi connectivity index (χ0n) is 17.7. The Balaban J connectivity index is 1.84. The van der Waals surface area contributed by atoms with E-state index in [4.69, 9.17) is 4.42 Å². The lowest BCUT2D eigenvalue weighted by Gasteiger charge is -2.04. The molecule has 1 amide bonds. The van der Waals surface area contributed by atoms with E-state index in [0.29, 0.717) is 24.7 Å². The minimum absolute atomic E-state index is 0.143. The number of unbranched alkanes of at least 4 members (excludes halogenated alkanes) is 13. The lowest BCUT2D eigenvalue weighted by molar-refractivity contribution is 0.0948. The van der Waals surface area contributed by atoms with Crippen LogP contribution in [0.3, 0.4) is 0 Å². The van der Waals surface area contributed by atoms with Crippen molar-refractivity contribution in [2.45, 2.75) is 103 Å². The molecular weight excluding hydrogens is 338 g/mol. The van der Waals surface area contributed by atoms with Crippen LogP contribution in [0.4, 0.5) is 0 Å². The first-order chi connectivity index (χ1) is 13.3. The number of nitrogens with zero attached hydrogens (tertiary/aromatic N) is 1. The fraction of sp³-hybridized carbons (Fsp3) is 0.818. The Morgan fingerprint density at radius 3 is 1.93 bits per heavy atom. The molecule has 0 radical (unpaired) electrons. The zero-order valence-corrected chi connectivity index (χ0v) is 17.7. The highest BCUT2D eigenvalue weighted by Gasteiger charge is 2.10. The van der Waals surface area contributed by atoms with Gasteiger partial charge in [-0.2, -0.15) is 0 Å². The molecule has 0 unspecified atom stereocenters. The zero-order chi connectivity index (χ0) is 19.6. The predicted molar refractivity (Wildman–Crippen MR) is 112 cm³/mol. The van der Waals surface area contributed by atoms with E-state index in [9.17, 15) is 4.79 Å². The Morgan fingerprint density at radius 1 is 0.889 bits per heavy atom. The Labute approximate surface area is 166 Å². The van der Waals surface area contributed by atoms with Gasteiger partial charge in [-0.15, -0.1) is 0 Å². The number of aromatic nitrogens is 1. The van der Waals surface area contributed by atoms with Crippen molar-refractivity contribution in [3.63, 3.8) is 0 Å². The summed E-state index contributed by atoms with van der Waals surface area (Å²) in [5.41, 5.74) is 0.366. The number of amides is 1. The van der Waals surface area contributed by atoms with Crippen molar-refractivity contribution in [1.29, 1.82) is 0 Å². The van der Waals surface area contributed by atoms with Gasteiger partial charge in [-0.05, 0) is 13.5 Å². The Morgan fingerprint density at radius 2 is 1.41 bits per heavy atom. The van der Waals surface area contributed by atoms with Crippen LogP contribution < -0.4 is 10.6 Å². The highest BCUT2D eigenvalue weighted by Crippen LogP contribution is 2.12. The summed E-state index contributed by atoms with van der Waals surface area (Å²) in [6.45, 7) is 3.52. The van der Waals surface area contributed by atoms with Crippen molar-refractivity contribution in [3.05, 3.63) is 17.8 Å². The number of oxazole rings is 1. The number of nitrogens with one attached hydrogen (secondary N) is 2. The maximum atomic E-state index is 11.9. The van der Waals surface area contributed by atoms with Gasteiger partial charge in [-0.25, -0.2) is 4.98 Å². The lowest BCUT2D eigenvalue weighted by atomic mass is 10.0. The molecule has 1 rings (SSSR count). The smallest absolute Gasteiger partial charge is 0.273 e. The molecule has 5 heteroatoms. The van der Waals surface area contributed by atoms with E-state index in [0.717, 1.165) is 6.42 Å². The summed E-state index contributed by atoms with van der Waals surface area (Å²) in [5, 5.41) is 5.86. The second-order valence-corrected chi connectivity index (χ2v) is 7.51. The molecule has 0 spiro atoms. The molecule has 0 aromatic carbocycles. The van der Waals surface area contributed by atoms with Crippen LogP contribution in [0.5, 0.6) is 0 Å². The van der Waals surface area contributed by atoms with Gasteiger partial charge in [-0.3, -0.25) is 4.79 Å². The maximum Gasteiger partial charge on any atom is 0.273 e. The van der Waals surface area contributed by atoms with Crippen LogP contribution >= 0.6 is 0 Å². The Bertz CT molecular complexity index is 474. The summed E-state index contributed by atoms with van der Waals surface area (Å²) >= 11 is 0. The summed E-state index contributed by atoms with van der Waals surface area (Å²) in [7, 11) is 1.82. The number of carbonyl (C=O) groups is 1. The van der Waals surface area contributed by atoms with Crippen LogP contribution in [0.1, 0.15) is 113 Å².